The second-order valence-electron chi connectivity index (χ2n) is 5.84. The highest BCUT2D eigenvalue weighted by molar-refractivity contribution is 6.31. The van der Waals surface area contributed by atoms with Crippen LogP contribution in [0.2, 0.25) is 5.02 Å². The van der Waals surface area contributed by atoms with Crippen molar-refractivity contribution in [2.45, 2.75) is 38.8 Å². The van der Waals surface area contributed by atoms with Crippen LogP contribution in [0.1, 0.15) is 38.3 Å². The maximum Gasteiger partial charge on any atom is 0.0453 e. The van der Waals surface area contributed by atoms with Crippen LogP contribution in [0, 0.1) is 5.92 Å². The summed E-state index contributed by atoms with van der Waals surface area (Å²) in [7, 11) is 2.21. The predicted octanol–water partition coefficient (Wildman–Crippen LogP) is 3.72. The Labute approximate surface area is 122 Å². The van der Waals surface area contributed by atoms with Crippen molar-refractivity contribution in [2.24, 2.45) is 5.92 Å². The fourth-order valence-electron chi connectivity index (χ4n) is 2.98. The van der Waals surface area contributed by atoms with Crippen molar-refractivity contribution in [3.05, 3.63) is 34.9 Å². The van der Waals surface area contributed by atoms with Gasteiger partial charge in [-0.15, -0.1) is 0 Å². The first-order chi connectivity index (χ1) is 9.08. The third-order valence-corrected chi connectivity index (χ3v) is 4.70. The third-order valence-electron chi connectivity index (χ3n) is 4.35. The van der Waals surface area contributed by atoms with Gasteiger partial charge in [0.1, 0.15) is 0 Å². The zero-order valence-electron chi connectivity index (χ0n) is 12.2. The standard InChI is InChI=1S/C16H25ClN2/c1-12(14-8-10-19(3)11-9-14)18-13(2)15-6-4-5-7-16(15)17/h4-7,12-14,18H,8-11H2,1-3H3. The second kappa shape index (κ2) is 6.74. The Kier molecular flexibility index (Phi) is 5.26. The van der Waals surface area contributed by atoms with Gasteiger partial charge in [0, 0.05) is 17.1 Å². The molecule has 1 heterocycles. The van der Waals surface area contributed by atoms with Crippen LogP contribution >= 0.6 is 11.6 Å². The largest absolute Gasteiger partial charge is 0.307 e. The minimum absolute atomic E-state index is 0.309. The molecule has 0 aromatic heterocycles. The van der Waals surface area contributed by atoms with E-state index in [-0.39, 0.29) is 0 Å². The molecule has 3 heteroatoms. The molecule has 2 rings (SSSR count). The van der Waals surface area contributed by atoms with E-state index in [9.17, 15) is 0 Å². The molecule has 0 radical (unpaired) electrons. The van der Waals surface area contributed by atoms with Crippen molar-refractivity contribution in [3.63, 3.8) is 0 Å². The lowest BCUT2D eigenvalue weighted by Gasteiger charge is -2.34. The lowest BCUT2D eigenvalue weighted by Crippen LogP contribution is -2.41. The average molecular weight is 281 g/mol. The molecule has 1 aromatic rings. The third kappa shape index (κ3) is 3.95. The molecule has 0 bridgehead atoms. The SMILES string of the molecule is CC(NC(C)C1CCN(C)CC1)c1ccccc1Cl. The highest BCUT2D eigenvalue weighted by Crippen LogP contribution is 2.25. The first-order valence-corrected chi connectivity index (χ1v) is 7.64. The van der Waals surface area contributed by atoms with Crippen LogP contribution in [-0.2, 0) is 0 Å². The number of nitrogens with one attached hydrogen (secondary N) is 1. The zero-order valence-corrected chi connectivity index (χ0v) is 13.0. The molecule has 0 aliphatic carbocycles. The molecule has 2 atom stereocenters. The van der Waals surface area contributed by atoms with Crippen molar-refractivity contribution < 1.29 is 0 Å². The van der Waals surface area contributed by atoms with Crippen LogP contribution in [0.5, 0.6) is 0 Å². The van der Waals surface area contributed by atoms with Crippen LogP contribution in [-0.4, -0.2) is 31.1 Å². The number of likely N-dealkylation sites (tertiary alicyclic amines) is 1. The lowest BCUT2D eigenvalue weighted by molar-refractivity contribution is 0.185. The van der Waals surface area contributed by atoms with Gasteiger partial charge in [0.2, 0.25) is 0 Å². The molecule has 1 N–H and O–H groups in total. The highest BCUT2D eigenvalue weighted by Gasteiger charge is 2.23. The number of benzene rings is 1. The lowest BCUT2D eigenvalue weighted by atomic mass is 9.90. The molecular weight excluding hydrogens is 256 g/mol. The predicted molar refractivity (Wildman–Crippen MR) is 82.7 cm³/mol. The van der Waals surface area contributed by atoms with E-state index in [1.807, 2.05) is 12.1 Å². The molecule has 2 nitrogen and oxygen atoms in total. The highest BCUT2D eigenvalue weighted by atomic mass is 35.5. The minimum atomic E-state index is 0.309. The van der Waals surface area contributed by atoms with Gasteiger partial charge in [-0.2, -0.15) is 0 Å². The van der Waals surface area contributed by atoms with E-state index in [0.717, 1.165) is 10.9 Å². The van der Waals surface area contributed by atoms with Crippen molar-refractivity contribution in [1.29, 1.82) is 0 Å². The maximum absolute atomic E-state index is 6.26. The number of halogens is 1. The van der Waals surface area contributed by atoms with Crippen LogP contribution in [0.4, 0.5) is 0 Å². The summed E-state index contributed by atoms with van der Waals surface area (Å²) in [6.07, 6.45) is 2.58. The van der Waals surface area contributed by atoms with E-state index in [4.69, 9.17) is 11.6 Å². The van der Waals surface area contributed by atoms with Crippen LogP contribution in [0.25, 0.3) is 0 Å². The summed E-state index contributed by atoms with van der Waals surface area (Å²) in [6, 6.07) is 8.97. The molecule has 1 aliphatic heterocycles. The zero-order chi connectivity index (χ0) is 13.8. The van der Waals surface area contributed by atoms with Crippen molar-refractivity contribution >= 4 is 11.6 Å². The Hall–Kier alpha value is -0.570. The Morgan fingerprint density at radius 2 is 1.84 bits per heavy atom. The van der Waals surface area contributed by atoms with Gasteiger partial charge in [0.15, 0.2) is 0 Å². The van der Waals surface area contributed by atoms with Gasteiger partial charge in [0.25, 0.3) is 0 Å². The van der Waals surface area contributed by atoms with Crippen LogP contribution in [0.3, 0.4) is 0 Å². The van der Waals surface area contributed by atoms with E-state index in [1.54, 1.807) is 0 Å². The molecule has 0 amide bonds. The first-order valence-electron chi connectivity index (χ1n) is 7.27. The summed E-state index contributed by atoms with van der Waals surface area (Å²) in [5.74, 6) is 0.779. The normalized spacial score (nSPS) is 21.3. The molecule has 106 valence electrons. The van der Waals surface area contributed by atoms with E-state index < -0.39 is 0 Å². The number of hydrogen-bond donors (Lipinski definition) is 1. The monoisotopic (exact) mass is 280 g/mol. The molecule has 19 heavy (non-hydrogen) atoms. The van der Waals surface area contributed by atoms with Gasteiger partial charge in [-0.05, 0) is 64.4 Å². The van der Waals surface area contributed by atoms with Crippen molar-refractivity contribution in [1.82, 2.24) is 10.2 Å². The topological polar surface area (TPSA) is 15.3 Å². The van der Waals surface area contributed by atoms with E-state index >= 15 is 0 Å². The van der Waals surface area contributed by atoms with E-state index in [0.29, 0.717) is 12.1 Å². The van der Waals surface area contributed by atoms with E-state index in [2.05, 4.69) is 43.2 Å². The Morgan fingerprint density at radius 3 is 2.47 bits per heavy atom. The molecule has 1 saturated heterocycles. The quantitative estimate of drug-likeness (QED) is 0.904. The van der Waals surface area contributed by atoms with Gasteiger partial charge in [0.05, 0.1) is 0 Å². The molecule has 1 aromatic carbocycles. The molecule has 0 saturated carbocycles. The summed E-state index contributed by atoms with van der Waals surface area (Å²) in [5.41, 5.74) is 1.20. The summed E-state index contributed by atoms with van der Waals surface area (Å²) >= 11 is 6.26. The van der Waals surface area contributed by atoms with Crippen molar-refractivity contribution in [2.75, 3.05) is 20.1 Å². The summed E-state index contributed by atoms with van der Waals surface area (Å²) < 4.78 is 0. The van der Waals surface area contributed by atoms with Crippen molar-refractivity contribution in [3.8, 4) is 0 Å². The second-order valence-corrected chi connectivity index (χ2v) is 6.25. The summed E-state index contributed by atoms with van der Waals surface area (Å²) in [6.45, 7) is 6.95. The van der Waals surface area contributed by atoms with Gasteiger partial charge in [-0.25, -0.2) is 0 Å². The Balaban J connectivity index is 1.91. The average Bonchev–Trinajstić information content (AvgIpc) is 2.39. The minimum Gasteiger partial charge on any atom is -0.307 e. The summed E-state index contributed by atoms with van der Waals surface area (Å²) in [5, 5.41) is 4.58. The van der Waals surface area contributed by atoms with Gasteiger partial charge in [-0.3, -0.25) is 0 Å². The summed E-state index contributed by atoms with van der Waals surface area (Å²) in [4.78, 5) is 2.42. The number of piperidine rings is 1. The Morgan fingerprint density at radius 1 is 1.21 bits per heavy atom. The number of hydrogen-bond acceptors (Lipinski definition) is 2. The van der Waals surface area contributed by atoms with Gasteiger partial charge < -0.3 is 10.2 Å². The molecule has 1 fully saturated rings. The number of rotatable bonds is 4. The fraction of sp³-hybridized carbons (Fsp3) is 0.625. The number of nitrogens with zero attached hydrogens (tertiary/aromatic N) is 1. The molecular formula is C16H25ClN2. The van der Waals surface area contributed by atoms with Crippen LogP contribution < -0.4 is 5.32 Å². The fourth-order valence-corrected chi connectivity index (χ4v) is 3.27. The van der Waals surface area contributed by atoms with E-state index in [1.165, 1.54) is 31.5 Å². The maximum atomic E-state index is 6.26. The first kappa shape index (κ1) is 14.8. The smallest absolute Gasteiger partial charge is 0.0453 e. The Bertz CT molecular complexity index is 399. The molecule has 1 aliphatic rings. The van der Waals surface area contributed by atoms with Gasteiger partial charge >= 0.3 is 0 Å². The van der Waals surface area contributed by atoms with Crippen LogP contribution in [0.15, 0.2) is 24.3 Å². The molecule has 2 unspecified atom stereocenters. The molecule has 0 spiro atoms. The van der Waals surface area contributed by atoms with Gasteiger partial charge in [-0.1, -0.05) is 29.8 Å².